The molecule has 1 fully saturated rings. The molecule has 0 radical (unpaired) electrons. The van der Waals surface area contributed by atoms with Gasteiger partial charge in [-0.05, 0) is 37.3 Å². The minimum Gasteiger partial charge on any atom is -0.493 e. The van der Waals surface area contributed by atoms with Crippen LogP contribution in [0.5, 0.6) is 11.5 Å². The fourth-order valence-electron chi connectivity index (χ4n) is 2.76. The Morgan fingerprint density at radius 1 is 1.44 bits per heavy atom. The third-order valence-corrected chi connectivity index (χ3v) is 4.44. The summed E-state index contributed by atoms with van der Waals surface area (Å²) in [7, 11) is 1.55. The molecule has 1 amide bonds. The van der Waals surface area contributed by atoms with E-state index >= 15 is 0 Å². The van der Waals surface area contributed by atoms with Crippen molar-refractivity contribution in [3.05, 3.63) is 22.7 Å². The Morgan fingerprint density at radius 2 is 2.16 bits per heavy atom. The Kier molecular flexibility index (Phi) is 8.83. The number of carbonyl (C=O) groups excluding carboxylic acids is 1. The van der Waals surface area contributed by atoms with Crippen molar-refractivity contribution in [3.8, 4) is 11.5 Å². The number of hydrogen-bond donors (Lipinski definition) is 1. The van der Waals surface area contributed by atoms with E-state index in [1.807, 2.05) is 0 Å². The van der Waals surface area contributed by atoms with Crippen LogP contribution in [0.2, 0.25) is 5.02 Å². The lowest BCUT2D eigenvalue weighted by molar-refractivity contribution is 0.0708. The van der Waals surface area contributed by atoms with Crippen LogP contribution < -0.4 is 15.2 Å². The number of hydrogen-bond acceptors (Lipinski definition) is 4. The second kappa shape index (κ2) is 10.1. The van der Waals surface area contributed by atoms with E-state index in [0.29, 0.717) is 41.2 Å². The summed E-state index contributed by atoms with van der Waals surface area (Å²) in [5, 5.41) is 0.391. The van der Waals surface area contributed by atoms with Crippen molar-refractivity contribution < 1.29 is 14.3 Å². The topological polar surface area (TPSA) is 64.8 Å². The molecule has 0 bridgehead atoms. The van der Waals surface area contributed by atoms with Gasteiger partial charge in [0, 0.05) is 24.7 Å². The van der Waals surface area contributed by atoms with Crippen LogP contribution >= 0.6 is 24.0 Å². The maximum Gasteiger partial charge on any atom is 0.254 e. The monoisotopic (exact) mass is 390 g/mol. The van der Waals surface area contributed by atoms with Crippen molar-refractivity contribution in [2.75, 3.05) is 26.8 Å². The number of benzene rings is 1. The summed E-state index contributed by atoms with van der Waals surface area (Å²) in [5.41, 5.74) is 6.47. The number of halogens is 2. The van der Waals surface area contributed by atoms with Crippen molar-refractivity contribution in [2.45, 2.75) is 39.2 Å². The summed E-state index contributed by atoms with van der Waals surface area (Å²) < 4.78 is 11.1. The highest BCUT2D eigenvalue weighted by Gasteiger charge is 2.24. The number of nitrogens with two attached hydrogens (primary N) is 1. The van der Waals surface area contributed by atoms with E-state index in [9.17, 15) is 4.79 Å². The number of nitrogens with zero attached hydrogens (tertiary/aromatic N) is 1. The van der Waals surface area contributed by atoms with Crippen LogP contribution in [0, 0.1) is 5.92 Å². The molecule has 7 heteroatoms. The van der Waals surface area contributed by atoms with E-state index in [-0.39, 0.29) is 24.4 Å². The second-order valence-corrected chi connectivity index (χ2v) is 7.08. The molecule has 0 aliphatic carbocycles. The molecule has 25 heavy (non-hydrogen) atoms. The number of rotatable bonds is 6. The molecule has 1 saturated heterocycles. The maximum atomic E-state index is 12.7. The normalized spacial score (nSPS) is 17.2. The molecule has 142 valence electrons. The lowest BCUT2D eigenvalue weighted by atomic mass is 10.1. The minimum atomic E-state index is -0.0703. The summed E-state index contributed by atoms with van der Waals surface area (Å²) in [6.45, 7) is 6.12. The summed E-state index contributed by atoms with van der Waals surface area (Å²) >= 11 is 6.34. The smallest absolute Gasteiger partial charge is 0.254 e. The molecular weight excluding hydrogens is 363 g/mol. The predicted molar refractivity (Wildman–Crippen MR) is 103 cm³/mol. The zero-order valence-electron chi connectivity index (χ0n) is 15.1. The number of ether oxygens (including phenoxy) is 2. The fraction of sp³-hybridized carbons (Fsp3) is 0.611. The molecule has 1 aromatic carbocycles. The maximum absolute atomic E-state index is 12.7. The summed E-state index contributed by atoms with van der Waals surface area (Å²) in [5.74, 6) is 1.45. The Hall–Kier alpha value is -1.17. The highest BCUT2D eigenvalue weighted by Crippen LogP contribution is 2.37. The molecule has 1 aliphatic rings. The van der Waals surface area contributed by atoms with Gasteiger partial charge in [0.1, 0.15) is 0 Å². The molecule has 5 nitrogen and oxygen atoms in total. The van der Waals surface area contributed by atoms with Crippen LogP contribution in [-0.4, -0.2) is 43.7 Å². The quantitative estimate of drug-likeness (QED) is 0.802. The first-order valence-electron chi connectivity index (χ1n) is 8.47. The molecule has 1 heterocycles. The Balaban J connectivity index is 0.00000312. The molecule has 2 rings (SSSR count). The van der Waals surface area contributed by atoms with Gasteiger partial charge in [-0.3, -0.25) is 4.79 Å². The molecule has 1 aliphatic heterocycles. The third-order valence-electron chi connectivity index (χ3n) is 4.16. The second-order valence-electron chi connectivity index (χ2n) is 6.67. The molecule has 1 aromatic rings. The largest absolute Gasteiger partial charge is 0.493 e. The van der Waals surface area contributed by atoms with Gasteiger partial charge in [-0.1, -0.05) is 25.4 Å². The zero-order chi connectivity index (χ0) is 17.7. The van der Waals surface area contributed by atoms with Gasteiger partial charge in [-0.2, -0.15) is 0 Å². The minimum absolute atomic E-state index is 0. The number of amides is 1. The van der Waals surface area contributed by atoms with Gasteiger partial charge < -0.3 is 20.1 Å². The highest BCUT2D eigenvalue weighted by atomic mass is 35.5. The van der Waals surface area contributed by atoms with E-state index in [0.717, 1.165) is 25.8 Å². The summed E-state index contributed by atoms with van der Waals surface area (Å²) in [6.07, 6.45) is 2.80. The zero-order valence-corrected chi connectivity index (χ0v) is 16.7. The lowest BCUT2D eigenvalue weighted by Gasteiger charge is -2.31. The number of likely N-dealkylation sites (tertiary alicyclic amines) is 1. The third kappa shape index (κ3) is 5.94. The number of piperidine rings is 1. The summed E-state index contributed by atoms with van der Waals surface area (Å²) in [4.78, 5) is 14.5. The van der Waals surface area contributed by atoms with Crippen molar-refractivity contribution >= 4 is 29.9 Å². The van der Waals surface area contributed by atoms with Crippen LogP contribution in [0.25, 0.3) is 0 Å². The van der Waals surface area contributed by atoms with Gasteiger partial charge in [0.25, 0.3) is 5.91 Å². The standard InChI is InChI=1S/C18H27ClN2O3.ClH/c1-12(2)6-8-24-17-15(19)9-13(10-16(17)23-3)18(22)21-7-4-5-14(20)11-21;/h9-10,12,14H,4-8,11,20H2,1-3H3;1H. The molecule has 1 atom stereocenters. The molecule has 0 aromatic heterocycles. The van der Waals surface area contributed by atoms with E-state index < -0.39 is 0 Å². The molecule has 0 spiro atoms. The van der Waals surface area contributed by atoms with Gasteiger partial charge in [0.2, 0.25) is 0 Å². The Bertz CT molecular complexity index is 582. The average Bonchev–Trinajstić information content (AvgIpc) is 2.55. The van der Waals surface area contributed by atoms with Crippen molar-refractivity contribution in [1.29, 1.82) is 0 Å². The van der Waals surface area contributed by atoms with Crippen LogP contribution in [-0.2, 0) is 0 Å². The summed E-state index contributed by atoms with van der Waals surface area (Å²) in [6, 6.07) is 3.38. The van der Waals surface area contributed by atoms with Gasteiger partial charge in [0.15, 0.2) is 11.5 Å². The van der Waals surface area contributed by atoms with Gasteiger partial charge in [-0.25, -0.2) is 0 Å². The Labute approximate surface area is 161 Å². The first kappa shape index (κ1) is 21.9. The van der Waals surface area contributed by atoms with Crippen LogP contribution in [0.3, 0.4) is 0 Å². The molecular formula is C18H28Cl2N2O3. The van der Waals surface area contributed by atoms with E-state index in [2.05, 4.69) is 13.8 Å². The van der Waals surface area contributed by atoms with Crippen LogP contribution in [0.1, 0.15) is 43.5 Å². The van der Waals surface area contributed by atoms with E-state index in [4.69, 9.17) is 26.8 Å². The number of carbonyl (C=O) groups is 1. The number of methoxy groups -OCH3 is 1. The average molecular weight is 391 g/mol. The van der Waals surface area contributed by atoms with Crippen molar-refractivity contribution in [2.24, 2.45) is 11.7 Å². The van der Waals surface area contributed by atoms with Crippen molar-refractivity contribution in [3.63, 3.8) is 0 Å². The first-order valence-corrected chi connectivity index (χ1v) is 8.85. The van der Waals surface area contributed by atoms with E-state index in [1.54, 1.807) is 24.1 Å². The van der Waals surface area contributed by atoms with Gasteiger partial charge >= 0.3 is 0 Å². The van der Waals surface area contributed by atoms with Gasteiger partial charge in [0.05, 0.1) is 18.7 Å². The highest BCUT2D eigenvalue weighted by molar-refractivity contribution is 6.32. The van der Waals surface area contributed by atoms with E-state index in [1.165, 1.54) is 0 Å². The predicted octanol–water partition coefficient (Wildman–Crippen LogP) is 3.76. The molecule has 1 unspecified atom stereocenters. The van der Waals surface area contributed by atoms with Crippen LogP contribution in [0.15, 0.2) is 12.1 Å². The van der Waals surface area contributed by atoms with Crippen molar-refractivity contribution in [1.82, 2.24) is 4.90 Å². The Morgan fingerprint density at radius 3 is 2.76 bits per heavy atom. The van der Waals surface area contributed by atoms with Crippen LogP contribution in [0.4, 0.5) is 0 Å². The lowest BCUT2D eigenvalue weighted by Crippen LogP contribution is -2.45. The van der Waals surface area contributed by atoms with Gasteiger partial charge in [-0.15, -0.1) is 12.4 Å². The first-order chi connectivity index (χ1) is 11.4. The fourth-order valence-corrected chi connectivity index (χ4v) is 3.02. The molecule has 0 saturated carbocycles. The SMILES string of the molecule is COc1cc(C(=O)N2CCCC(N)C2)cc(Cl)c1OCCC(C)C.Cl. The molecule has 2 N–H and O–H groups in total.